The third-order valence-corrected chi connectivity index (χ3v) is 2.39. The van der Waals surface area contributed by atoms with E-state index < -0.39 is 0 Å². The lowest BCUT2D eigenvalue weighted by Gasteiger charge is -2.28. The van der Waals surface area contributed by atoms with Crippen molar-refractivity contribution in [1.82, 2.24) is 9.97 Å². The number of hydrogen-bond acceptors (Lipinski definition) is 4. The maximum absolute atomic E-state index is 6.00. The lowest BCUT2D eigenvalue weighted by atomic mass is 9.96. The second-order valence-corrected chi connectivity index (χ2v) is 5.39. The summed E-state index contributed by atoms with van der Waals surface area (Å²) in [6, 6.07) is 0. The third-order valence-electron chi connectivity index (χ3n) is 2.10. The first-order valence-electron chi connectivity index (χ1n) is 5.24. The van der Waals surface area contributed by atoms with E-state index in [1.807, 2.05) is 14.1 Å². The molecule has 0 saturated carbocycles. The van der Waals surface area contributed by atoms with Crippen molar-refractivity contribution in [2.75, 3.05) is 30.9 Å². The van der Waals surface area contributed by atoms with Gasteiger partial charge >= 0.3 is 0 Å². The second kappa shape index (κ2) is 4.87. The molecule has 4 nitrogen and oxygen atoms in total. The number of nitrogens with zero attached hydrogens (tertiary/aromatic N) is 3. The van der Waals surface area contributed by atoms with Crippen LogP contribution in [0.2, 0.25) is 5.15 Å². The van der Waals surface area contributed by atoms with E-state index in [4.69, 9.17) is 11.6 Å². The normalized spacial score (nSPS) is 11.4. The Bertz CT molecular complexity index is 359. The molecule has 16 heavy (non-hydrogen) atoms. The minimum atomic E-state index is 0.206. The average molecular weight is 243 g/mol. The van der Waals surface area contributed by atoms with Crippen molar-refractivity contribution in [2.45, 2.75) is 20.8 Å². The standard InChI is InChI=1S/C11H19ClN4/c1-11(2,3)6-16(5)10-8(13-4)9(12)14-7-15-10/h7,13H,6H2,1-5H3. The molecule has 0 unspecified atom stereocenters. The molecule has 0 atom stereocenters. The van der Waals surface area contributed by atoms with Crippen LogP contribution in [0.25, 0.3) is 0 Å². The number of rotatable bonds is 3. The van der Waals surface area contributed by atoms with E-state index in [1.54, 1.807) is 0 Å². The minimum absolute atomic E-state index is 0.206. The molecule has 1 N–H and O–H groups in total. The van der Waals surface area contributed by atoms with Crippen molar-refractivity contribution in [2.24, 2.45) is 5.41 Å². The highest BCUT2D eigenvalue weighted by Crippen LogP contribution is 2.29. The molecule has 0 aliphatic carbocycles. The highest BCUT2D eigenvalue weighted by atomic mass is 35.5. The molecule has 90 valence electrons. The maximum Gasteiger partial charge on any atom is 0.157 e. The maximum atomic E-state index is 6.00. The van der Waals surface area contributed by atoms with Gasteiger partial charge < -0.3 is 10.2 Å². The monoisotopic (exact) mass is 242 g/mol. The van der Waals surface area contributed by atoms with Crippen LogP contribution >= 0.6 is 11.6 Å². The van der Waals surface area contributed by atoms with Gasteiger partial charge in [-0.25, -0.2) is 9.97 Å². The van der Waals surface area contributed by atoms with E-state index in [0.29, 0.717) is 5.15 Å². The fraction of sp³-hybridized carbons (Fsp3) is 0.636. The molecule has 0 fully saturated rings. The molecule has 1 heterocycles. The molecule has 0 amide bonds. The van der Waals surface area contributed by atoms with E-state index in [-0.39, 0.29) is 5.41 Å². The summed E-state index contributed by atoms with van der Waals surface area (Å²) in [5.41, 5.74) is 0.980. The van der Waals surface area contributed by atoms with Crippen LogP contribution < -0.4 is 10.2 Å². The average Bonchev–Trinajstić information content (AvgIpc) is 2.14. The topological polar surface area (TPSA) is 41.1 Å². The van der Waals surface area contributed by atoms with Gasteiger partial charge in [0.15, 0.2) is 11.0 Å². The molecule has 0 radical (unpaired) electrons. The Morgan fingerprint density at radius 1 is 1.38 bits per heavy atom. The Labute approximate surface area is 102 Å². The summed E-state index contributed by atoms with van der Waals surface area (Å²) in [5, 5.41) is 3.48. The summed E-state index contributed by atoms with van der Waals surface area (Å²) in [6.07, 6.45) is 1.48. The zero-order valence-electron chi connectivity index (χ0n) is 10.5. The SMILES string of the molecule is CNc1c(Cl)ncnc1N(C)CC(C)(C)C. The highest BCUT2D eigenvalue weighted by Gasteiger charge is 2.18. The Balaban J connectivity index is 2.99. The van der Waals surface area contributed by atoms with Crippen molar-refractivity contribution in [1.29, 1.82) is 0 Å². The fourth-order valence-electron chi connectivity index (χ4n) is 1.65. The van der Waals surface area contributed by atoms with Gasteiger partial charge in [0.1, 0.15) is 12.0 Å². The summed E-state index contributed by atoms with van der Waals surface area (Å²) in [6.45, 7) is 7.46. The van der Waals surface area contributed by atoms with Gasteiger partial charge in [0.25, 0.3) is 0 Å². The molecule has 0 saturated heterocycles. The Morgan fingerprint density at radius 3 is 2.50 bits per heavy atom. The first-order chi connectivity index (χ1) is 7.35. The van der Waals surface area contributed by atoms with E-state index >= 15 is 0 Å². The predicted octanol–water partition coefficient (Wildman–Crippen LogP) is 2.65. The van der Waals surface area contributed by atoms with Crippen molar-refractivity contribution < 1.29 is 0 Å². The quantitative estimate of drug-likeness (QED) is 0.828. The zero-order valence-corrected chi connectivity index (χ0v) is 11.3. The summed E-state index contributed by atoms with van der Waals surface area (Å²) in [7, 11) is 3.82. The van der Waals surface area contributed by atoms with Gasteiger partial charge in [-0.3, -0.25) is 0 Å². The number of hydrogen-bond donors (Lipinski definition) is 1. The van der Waals surface area contributed by atoms with Crippen LogP contribution in [0.15, 0.2) is 6.33 Å². The van der Waals surface area contributed by atoms with Crippen LogP contribution in [0.5, 0.6) is 0 Å². The highest BCUT2D eigenvalue weighted by molar-refractivity contribution is 6.32. The largest absolute Gasteiger partial charge is 0.383 e. The van der Waals surface area contributed by atoms with Crippen molar-refractivity contribution in [3.8, 4) is 0 Å². The van der Waals surface area contributed by atoms with Crippen molar-refractivity contribution in [3.63, 3.8) is 0 Å². The van der Waals surface area contributed by atoms with Gasteiger partial charge in [-0.15, -0.1) is 0 Å². The second-order valence-electron chi connectivity index (χ2n) is 5.03. The molecule has 0 aromatic carbocycles. The van der Waals surface area contributed by atoms with E-state index in [9.17, 15) is 0 Å². The molecule has 1 rings (SSSR count). The summed E-state index contributed by atoms with van der Waals surface area (Å²) in [5.74, 6) is 0.831. The van der Waals surface area contributed by atoms with Crippen LogP contribution in [-0.2, 0) is 0 Å². The van der Waals surface area contributed by atoms with Crippen LogP contribution in [0.4, 0.5) is 11.5 Å². The molecule has 0 spiro atoms. The van der Waals surface area contributed by atoms with Gasteiger partial charge in [0.05, 0.1) is 0 Å². The van der Waals surface area contributed by atoms with Crippen LogP contribution in [0.3, 0.4) is 0 Å². The summed E-state index contributed by atoms with van der Waals surface area (Å²) < 4.78 is 0. The van der Waals surface area contributed by atoms with Gasteiger partial charge in [0, 0.05) is 20.6 Å². The van der Waals surface area contributed by atoms with Gasteiger partial charge in [0.2, 0.25) is 0 Å². The number of nitrogens with one attached hydrogen (secondary N) is 1. The van der Waals surface area contributed by atoms with Crippen LogP contribution in [0, 0.1) is 5.41 Å². The molecule has 1 aromatic heterocycles. The minimum Gasteiger partial charge on any atom is -0.383 e. The molecule has 1 aromatic rings. The summed E-state index contributed by atoms with van der Waals surface area (Å²) >= 11 is 6.00. The van der Waals surface area contributed by atoms with Gasteiger partial charge in [-0.05, 0) is 5.41 Å². The lowest BCUT2D eigenvalue weighted by Crippen LogP contribution is -2.30. The molecule has 0 bridgehead atoms. The summed E-state index contributed by atoms with van der Waals surface area (Å²) in [4.78, 5) is 10.3. The van der Waals surface area contributed by atoms with Crippen LogP contribution in [-0.4, -0.2) is 30.6 Å². The molecular formula is C11H19ClN4. The Morgan fingerprint density at radius 2 is 2.00 bits per heavy atom. The Hall–Kier alpha value is -1.03. The molecule has 0 aliphatic heterocycles. The van der Waals surface area contributed by atoms with Crippen LogP contribution in [0.1, 0.15) is 20.8 Å². The first kappa shape index (κ1) is 13.0. The van der Waals surface area contributed by atoms with E-state index in [2.05, 4.69) is 41.0 Å². The van der Waals surface area contributed by atoms with Crippen molar-refractivity contribution in [3.05, 3.63) is 11.5 Å². The van der Waals surface area contributed by atoms with Crippen molar-refractivity contribution >= 4 is 23.1 Å². The van der Waals surface area contributed by atoms with Gasteiger partial charge in [-0.2, -0.15) is 0 Å². The first-order valence-corrected chi connectivity index (χ1v) is 5.62. The number of anilines is 2. The fourth-order valence-corrected chi connectivity index (χ4v) is 1.87. The third kappa shape index (κ3) is 3.23. The Kier molecular flexibility index (Phi) is 3.97. The zero-order chi connectivity index (χ0) is 12.3. The smallest absolute Gasteiger partial charge is 0.157 e. The number of aromatic nitrogens is 2. The number of halogens is 1. The lowest BCUT2D eigenvalue weighted by molar-refractivity contribution is 0.418. The van der Waals surface area contributed by atoms with E-state index in [1.165, 1.54) is 6.33 Å². The van der Waals surface area contributed by atoms with E-state index in [0.717, 1.165) is 18.1 Å². The predicted molar refractivity (Wildman–Crippen MR) is 69.3 cm³/mol. The molecular weight excluding hydrogens is 224 g/mol. The molecule has 0 aliphatic rings. The molecule has 5 heteroatoms. The van der Waals surface area contributed by atoms with Gasteiger partial charge in [-0.1, -0.05) is 32.4 Å².